The van der Waals surface area contributed by atoms with Crippen molar-refractivity contribution in [3.05, 3.63) is 33.9 Å². The molecule has 7 nitrogen and oxygen atoms in total. The fourth-order valence-corrected chi connectivity index (χ4v) is 1.39. The lowest BCUT2D eigenvalue weighted by atomic mass is 10.1. The van der Waals surface area contributed by atoms with Crippen molar-refractivity contribution in [3.8, 4) is 5.75 Å². The molecule has 3 N–H and O–H groups in total. The molecule has 0 amide bonds. The molecule has 0 aliphatic carbocycles. The van der Waals surface area contributed by atoms with Gasteiger partial charge >= 0.3 is 0 Å². The number of nitrogens with one attached hydrogen (secondary N) is 1. The minimum Gasteiger partial charge on any atom is -0.490 e. The van der Waals surface area contributed by atoms with Crippen LogP contribution in [0.15, 0.2) is 18.2 Å². The van der Waals surface area contributed by atoms with E-state index in [1.54, 1.807) is 7.05 Å². The maximum Gasteiger partial charge on any atom is 0.270 e. The van der Waals surface area contributed by atoms with E-state index in [-0.39, 0.29) is 12.3 Å². The Hall–Kier alpha value is -1.70. The number of hydrogen-bond donors (Lipinski definition) is 3. The number of non-ortho nitro benzene ring substituents is 1. The van der Waals surface area contributed by atoms with E-state index in [0.717, 1.165) is 0 Å². The normalized spacial score (nSPS) is 12.2. The van der Waals surface area contributed by atoms with Crippen LogP contribution in [0.1, 0.15) is 5.56 Å². The zero-order chi connectivity index (χ0) is 13.5. The molecule has 0 bridgehead atoms. The Morgan fingerprint density at radius 1 is 1.56 bits per heavy atom. The summed E-state index contributed by atoms with van der Waals surface area (Å²) in [6, 6.07) is 4.23. The number of hydrogen-bond acceptors (Lipinski definition) is 6. The fraction of sp³-hybridized carbons (Fsp3) is 0.455. The molecule has 0 aromatic heterocycles. The van der Waals surface area contributed by atoms with Crippen molar-refractivity contribution in [2.45, 2.75) is 12.6 Å². The van der Waals surface area contributed by atoms with Crippen molar-refractivity contribution in [2.24, 2.45) is 0 Å². The molecular formula is C11H16N2O5. The Balaban J connectivity index is 2.85. The van der Waals surface area contributed by atoms with Crippen LogP contribution in [0.2, 0.25) is 0 Å². The standard InChI is InChI=1S/C11H16N2O5/c1-12-5-8-4-9(13(16)17)2-3-11(8)18-7-10(15)6-14/h2-4,10,12,14-15H,5-7H2,1H3. The summed E-state index contributed by atoms with van der Waals surface area (Å²) >= 11 is 0. The number of nitro groups is 1. The first-order valence-electron chi connectivity index (χ1n) is 5.42. The highest BCUT2D eigenvalue weighted by atomic mass is 16.6. The molecule has 0 saturated carbocycles. The van der Waals surface area contributed by atoms with Crippen molar-refractivity contribution in [3.63, 3.8) is 0 Å². The van der Waals surface area contributed by atoms with Crippen molar-refractivity contribution in [1.29, 1.82) is 0 Å². The average Bonchev–Trinajstić information content (AvgIpc) is 2.36. The van der Waals surface area contributed by atoms with Crippen molar-refractivity contribution < 1.29 is 19.9 Å². The van der Waals surface area contributed by atoms with E-state index >= 15 is 0 Å². The third kappa shape index (κ3) is 3.95. The number of nitrogens with zero attached hydrogens (tertiary/aromatic N) is 1. The quantitative estimate of drug-likeness (QED) is 0.470. The van der Waals surface area contributed by atoms with Crippen LogP contribution in [0.4, 0.5) is 5.69 Å². The van der Waals surface area contributed by atoms with Gasteiger partial charge in [-0.05, 0) is 13.1 Å². The summed E-state index contributed by atoms with van der Waals surface area (Å²) in [5.74, 6) is 0.447. The second-order valence-electron chi connectivity index (χ2n) is 3.73. The number of rotatable bonds is 7. The first-order chi connectivity index (χ1) is 8.58. The molecule has 0 aliphatic rings. The van der Waals surface area contributed by atoms with Crippen molar-refractivity contribution in [1.82, 2.24) is 5.32 Å². The zero-order valence-corrected chi connectivity index (χ0v) is 10.00. The molecule has 1 rings (SSSR count). The predicted octanol–water partition coefficient (Wildman–Crippen LogP) is 0.0462. The van der Waals surface area contributed by atoms with E-state index in [4.69, 9.17) is 9.84 Å². The number of aliphatic hydroxyl groups excluding tert-OH is 2. The van der Waals surface area contributed by atoms with Crippen LogP contribution in [0.3, 0.4) is 0 Å². The van der Waals surface area contributed by atoms with E-state index in [9.17, 15) is 15.2 Å². The second kappa shape index (κ2) is 6.90. The molecule has 7 heteroatoms. The van der Waals surface area contributed by atoms with Gasteiger partial charge in [0, 0.05) is 24.2 Å². The molecule has 0 fully saturated rings. The molecule has 18 heavy (non-hydrogen) atoms. The topological polar surface area (TPSA) is 105 Å². The smallest absolute Gasteiger partial charge is 0.270 e. The number of ether oxygens (including phenoxy) is 1. The maximum atomic E-state index is 10.7. The number of nitro benzene ring substituents is 1. The van der Waals surface area contributed by atoms with Gasteiger partial charge in [0.1, 0.15) is 18.5 Å². The Bertz CT molecular complexity index is 410. The van der Waals surface area contributed by atoms with Crippen LogP contribution in [0, 0.1) is 10.1 Å². The predicted molar refractivity (Wildman–Crippen MR) is 64.4 cm³/mol. The highest BCUT2D eigenvalue weighted by molar-refractivity contribution is 5.43. The molecule has 100 valence electrons. The molecule has 1 atom stereocenters. The molecule has 1 unspecified atom stereocenters. The number of benzene rings is 1. The van der Waals surface area contributed by atoms with Crippen LogP contribution in [0.5, 0.6) is 5.75 Å². The Morgan fingerprint density at radius 3 is 2.83 bits per heavy atom. The van der Waals surface area contributed by atoms with Crippen LogP contribution in [-0.2, 0) is 6.54 Å². The van der Waals surface area contributed by atoms with Gasteiger partial charge in [0.15, 0.2) is 0 Å². The third-order valence-corrected chi connectivity index (χ3v) is 2.26. The minimum absolute atomic E-state index is 0.0182. The second-order valence-corrected chi connectivity index (χ2v) is 3.73. The molecule has 1 aromatic rings. The zero-order valence-electron chi connectivity index (χ0n) is 10.00. The summed E-state index contributed by atoms with van der Waals surface area (Å²) in [5, 5.41) is 31.4. The third-order valence-electron chi connectivity index (χ3n) is 2.26. The first-order valence-corrected chi connectivity index (χ1v) is 5.42. The van der Waals surface area contributed by atoms with Gasteiger partial charge in [-0.25, -0.2) is 0 Å². The molecule has 0 heterocycles. The van der Waals surface area contributed by atoms with E-state index in [2.05, 4.69) is 5.32 Å². The highest BCUT2D eigenvalue weighted by Crippen LogP contribution is 2.24. The molecule has 0 radical (unpaired) electrons. The van der Waals surface area contributed by atoms with E-state index in [0.29, 0.717) is 17.9 Å². The average molecular weight is 256 g/mol. The summed E-state index contributed by atoms with van der Waals surface area (Å²) in [7, 11) is 1.71. The van der Waals surface area contributed by atoms with Gasteiger partial charge in [0.2, 0.25) is 0 Å². The van der Waals surface area contributed by atoms with Gasteiger partial charge in [0.25, 0.3) is 5.69 Å². The van der Waals surface area contributed by atoms with Crippen LogP contribution < -0.4 is 10.1 Å². The Kier molecular flexibility index (Phi) is 5.50. The minimum atomic E-state index is -0.970. The number of aliphatic hydroxyl groups is 2. The van der Waals surface area contributed by atoms with Gasteiger partial charge in [-0.3, -0.25) is 10.1 Å². The first kappa shape index (κ1) is 14.4. The van der Waals surface area contributed by atoms with Gasteiger partial charge < -0.3 is 20.3 Å². The molecule has 0 spiro atoms. The summed E-state index contributed by atoms with van der Waals surface area (Å²) in [6.45, 7) is -0.0500. The Labute approximate surface area is 104 Å². The van der Waals surface area contributed by atoms with Crippen LogP contribution >= 0.6 is 0 Å². The molecule has 1 aromatic carbocycles. The van der Waals surface area contributed by atoms with E-state index in [1.165, 1.54) is 18.2 Å². The maximum absolute atomic E-state index is 10.7. The van der Waals surface area contributed by atoms with Gasteiger partial charge in [0.05, 0.1) is 11.5 Å². The largest absolute Gasteiger partial charge is 0.490 e. The van der Waals surface area contributed by atoms with Crippen molar-refractivity contribution >= 4 is 5.69 Å². The summed E-state index contributed by atoms with van der Waals surface area (Å²) < 4.78 is 5.30. The highest BCUT2D eigenvalue weighted by Gasteiger charge is 2.12. The summed E-state index contributed by atoms with van der Waals surface area (Å²) in [6.07, 6.45) is -0.970. The lowest BCUT2D eigenvalue weighted by Crippen LogP contribution is -2.22. The van der Waals surface area contributed by atoms with Gasteiger partial charge in [-0.2, -0.15) is 0 Å². The summed E-state index contributed by atoms with van der Waals surface area (Å²) in [5.41, 5.74) is 0.604. The van der Waals surface area contributed by atoms with Crippen molar-refractivity contribution in [2.75, 3.05) is 20.3 Å². The Morgan fingerprint density at radius 2 is 2.28 bits per heavy atom. The molecule has 0 aliphatic heterocycles. The lowest BCUT2D eigenvalue weighted by molar-refractivity contribution is -0.384. The molecular weight excluding hydrogens is 240 g/mol. The monoisotopic (exact) mass is 256 g/mol. The molecule has 0 saturated heterocycles. The lowest BCUT2D eigenvalue weighted by Gasteiger charge is -2.13. The van der Waals surface area contributed by atoms with E-state index < -0.39 is 17.6 Å². The van der Waals surface area contributed by atoms with Gasteiger partial charge in [-0.1, -0.05) is 0 Å². The SMILES string of the molecule is CNCc1cc([N+](=O)[O-])ccc1OCC(O)CO. The van der Waals surface area contributed by atoms with Gasteiger partial charge in [-0.15, -0.1) is 0 Å². The fourth-order valence-electron chi connectivity index (χ4n) is 1.39. The van der Waals surface area contributed by atoms with Crippen LogP contribution in [0.25, 0.3) is 0 Å². The summed E-state index contributed by atoms with van der Waals surface area (Å²) in [4.78, 5) is 10.2. The van der Waals surface area contributed by atoms with Crippen LogP contribution in [-0.4, -0.2) is 41.5 Å². The van der Waals surface area contributed by atoms with E-state index in [1.807, 2.05) is 0 Å².